The third-order valence-electron chi connectivity index (χ3n) is 5.06. The molecule has 0 radical (unpaired) electrons. The van der Waals surface area contributed by atoms with E-state index in [0.717, 1.165) is 16.8 Å². The summed E-state index contributed by atoms with van der Waals surface area (Å²) in [7, 11) is 1.58. The van der Waals surface area contributed by atoms with Gasteiger partial charge < -0.3 is 16.0 Å². The number of aryl methyl sites for hydroxylation is 1. The molecule has 0 saturated carbocycles. The average molecular weight is 417 g/mol. The first-order chi connectivity index (χ1) is 14.9. The summed E-state index contributed by atoms with van der Waals surface area (Å²) in [4.78, 5) is 28.2. The van der Waals surface area contributed by atoms with Crippen molar-refractivity contribution in [1.82, 2.24) is 10.3 Å². The van der Waals surface area contributed by atoms with Crippen LogP contribution in [-0.2, 0) is 6.42 Å². The van der Waals surface area contributed by atoms with Gasteiger partial charge in [0.1, 0.15) is 5.69 Å². The maximum Gasteiger partial charge on any atom is 0.323 e. The summed E-state index contributed by atoms with van der Waals surface area (Å²) in [6, 6.07) is 17.0. The zero-order valence-corrected chi connectivity index (χ0v) is 18.3. The topological polar surface area (TPSA) is 83.1 Å². The number of benzene rings is 2. The van der Waals surface area contributed by atoms with Gasteiger partial charge in [-0.2, -0.15) is 0 Å². The van der Waals surface area contributed by atoms with E-state index >= 15 is 0 Å². The van der Waals surface area contributed by atoms with Crippen LogP contribution in [0.4, 0.5) is 16.2 Å². The number of rotatable bonds is 6. The molecule has 3 N–H and O–H groups in total. The number of amides is 3. The first-order valence-corrected chi connectivity index (χ1v) is 10.3. The van der Waals surface area contributed by atoms with Crippen molar-refractivity contribution in [1.29, 1.82) is 0 Å². The Kier molecular flexibility index (Phi) is 7.03. The number of carbonyl (C=O) groups excluding carboxylic acids is 2. The predicted octanol–water partition coefficient (Wildman–Crippen LogP) is 5.11. The van der Waals surface area contributed by atoms with Crippen molar-refractivity contribution >= 4 is 23.3 Å². The zero-order chi connectivity index (χ0) is 22.4. The van der Waals surface area contributed by atoms with E-state index in [1.54, 1.807) is 19.3 Å². The van der Waals surface area contributed by atoms with E-state index in [2.05, 4.69) is 41.7 Å². The zero-order valence-electron chi connectivity index (χ0n) is 18.3. The minimum atomic E-state index is -0.282. The molecule has 2 aromatic carbocycles. The molecule has 3 rings (SSSR count). The highest BCUT2D eigenvalue weighted by Gasteiger charge is 2.09. The van der Waals surface area contributed by atoms with Gasteiger partial charge in [-0.05, 0) is 77.9 Å². The van der Waals surface area contributed by atoms with Crippen LogP contribution in [-0.4, -0.2) is 24.0 Å². The minimum Gasteiger partial charge on any atom is -0.354 e. The Hall–Kier alpha value is -3.67. The van der Waals surface area contributed by atoms with Crippen molar-refractivity contribution in [2.45, 2.75) is 33.1 Å². The highest BCUT2D eigenvalue weighted by atomic mass is 16.2. The van der Waals surface area contributed by atoms with Crippen molar-refractivity contribution in [3.8, 4) is 0 Å². The molecule has 31 heavy (non-hydrogen) atoms. The number of nitrogens with zero attached hydrogens (tertiary/aromatic N) is 1. The standard InChI is InChI=1S/C25H28N4O2/c1-16(2)22-15-21(8-5-17(22)3)29-25(31)28-20-9-6-18(7-10-20)13-19-11-12-27-23(14-19)24(30)26-4/h5-12,14-16H,13H2,1-4H3,(H,26,30)(H2,28,29,31). The molecular formula is C25H28N4O2. The summed E-state index contributed by atoms with van der Waals surface area (Å²) in [5.74, 6) is 0.187. The Bertz CT molecular complexity index is 1080. The molecule has 0 bridgehead atoms. The fourth-order valence-corrected chi connectivity index (χ4v) is 3.41. The molecule has 0 aliphatic rings. The van der Waals surface area contributed by atoms with Crippen molar-refractivity contribution in [3.63, 3.8) is 0 Å². The van der Waals surface area contributed by atoms with E-state index in [1.807, 2.05) is 48.5 Å². The van der Waals surface area contributed by atoms with E-state index in [1.165, 1.54) is 11.1 Å². The van der Waals surface area contributed by atoms with Gasteiger partial charge in [0, 0.05) is 24.6 Å². The van der Waals surface area contributed by atoms with Crippen LogP contribution >= 0.6 is 0 Å². The number of hydrogen-bond donors (Lipinski definition) is 3. The molecule has 0 unspecified atom stereocenters. The molecule has 160 valence electrons. The first kappa shape index (κ1) is 22.0. The highest BCUT2D eigenvalue weighted by molar-refractivity contribution is 5.99. The number of hydrogen-bond acceptors (Lipinski definition) is 3. The summed E-state index contributed by atoms with van der Waals surface area (Å²) >= 11 is 0. The van der Waals surface area contributed by atoms with Gasteiger partial charge in [-0.1, -0.05) is 32.0 Å². The van der Waals surface area contributed by atoms with Gasteiger partial charge in [-0.3, -0.25) is 9.78 Å². The molecule has 6 heteroatoms. The maximum absolute atomic E-state index is 12.4. The SMILES string of the molecule is CNC(=O)c1cc(Cc2ccc(NC(=O)Nc3ccc(C)c(C(C)C)c3)cc2)ccn1. The lowest BCUT2D eigenvalue weighted by atomic mass is 9.97. The lowest BCUT2D eigenvalue weighted by Gasteiger charge is -2.13. The van der Waals surface area contributed by atoms with Crippen molar-refractivity contribution < 1.29 is 9.59 Å². The Labute approximate surface area is 183 Å². The van der Waals surface area contributed by atoms with Gasteiger partial charge in [-0.15, -0.1) is 0 Å². The third kappa shape index (κ3) is 5.92. The molecule has 1 heterocycles. The second kappa shape index (κ2) is 9.89. The molecule has 0 fully saturated rings. The van der Waals surface area contributed by atoms with Crippen LogP contribution in [0.2, 0.25) is 0 Å². The van der Waals surface area contributed by atoms with E-state index in [-0.39, 0.29) is 11.9 Å². The fourth-order valence-electron chi connectivity index (χ4n) is 3.41. The maximum atomic E-state index is 12.4. The number of anilines is 2. The van der Waals surface area contributed by atoms with Crippen molar-refractivity contribution in [2.24, 2.45) is 0 Å². The van der Waals surface area contributed by atoms with E-state index in [0.29, 0.717) is 23.7 Å². The molecule has 0 spiro atoms. The van der Waals surface area contributed by atoms with E-state index in [4.69, 9.17) is 0 Å². The molecule has 6 nitrogen and oxygen atoms in total. The number of pyridine rings is 1. The summed E-state index contributed by atoms with van der Waals surface area (Å²) in [5.41, 5.74) is 6.37. The quantitative estimate of drug-likeness (QED) is 0.522. The number of aromatic nitrogens is 1. The summed E-state index contributed by atoms with van der Waals surface area (Å²) < 4.78 is 0. The van der Waals surface area contributed by atoms with Gasteiger partial charge in [-0.25, -0.2) is 4.79 Å². The molecule has 1 aromatic heterocycles. The minimum absolute atomic E-state index is 0.207. The lowest BCUT2D eigenvalue weighted by Crippen LogP contribution is -2.19. The van der Waals surface area contributed by atoms with Crippen molar-refractivity contribution in [3.05, 3.63) is 88.7 Å². The van der Waals surface area contributed by atoms with Crippen LogP contribution in [0.15, 0.2) is 60.8 Å². The summed E-state index contributed by atoms with van der Waals surface area (Å²) in [6.07, 6.45) is 2.30. The lowest BCUT2D eigenvalue weighted by molar-refractivity contribution is 0.0958. The summed E-state index contributed by atoms with van der Waals surface area (Å²) in [5, 5.41) is 8.34. The van der Waals surface area contributed by atoms with Crippen LogP contribution in [0, 0.1) is 6.92 Å². The predicted molar refractivity (Wildman–Crippen MR) is 125 cm³/mol. The summed E-state index contributed by atoms with van der Waals surface area (Å²) in [6.45, 7) is 6.35. The largest absolute Gasteiger partial charge is 0.354 e. The van der Waals surface area contributed by atoms with E-state index in [9.17, 15) is 9.59 Å². The van der Waals surface area contributed by atoms with Crippen molar-refractivity contribution in [2.75, 3.05) is 17.7 Å². The number of carbonyl (C=O) groups is 2. The second-order valence-electron chi connectivity index (χ2n) is 7.81. The fraction of sp³-hybridized carbons (Fsp3) is 0.240. The molecule has 0 saturated heterocycles. The van der Waals surface area contributed by atoms with Gasteiger partial charge in [0.25, 0.3) is 5.91 Å². The van der Waals surface area contributed by atoms with Crippen LogP contribution in [0.5, 0.6) is 0 Å². The highest BCUT2D eigenvalue weighted by Crippen LogP contribution is 2.23. The van der Waals surface area contributed by atoms with Crippen LogP contribution in [0.25, 0.3) is 0 Å². The van der Waals surface area contributed by atoms with E-state index < -0.39 is 0 Å². The molecule has 3 aromatic rings. The van der Waals surface area contributed by atoms with Gasteiger partial charge in [0.15, 0.2) is 0 Å². The molecule has 3 amide bonds. The molecule has 0 aliphatic heterocycles. The van der Waals surface area contributed by atoms with Gasteiger partial charge in [0.2, 0.25) is 0 Å². The van der Waals surface area contributed by atoms with Gasteiger partial charge in [0.05, 0.1) is 0 Å². The Balaban J connectivity index is 1.61. The smallest absolute Gasteiger partial charge is 0.323 e. The van der Waals surface area contributed by atoms with Crippen LogP contribution in [0.3, 0.4) is 0 Å². The first-order valence-electron chi connectivity index (χ1n) is 10.3. The number of nitrogens with one attached hydrogen (secondary N) is 3. The van der Waals surface area contributed by atoms with Gasteiger partial charge >= 0.3 is 6.03 Å². The molecule has 0 aliphatic carbocycles. The normalized spacial score (nSPS) is 10.6. The number of urea groups is 1. The third-order valence-corrected chi connectivity index (χ3v) is 5.06. The monoisotopic (exact) mass is 416 g/mol. The molecular weight excluding hydrogens is 388 g/mol. The average Bonchev–Trinajstić information content (AvgIpc) is 2.76. The molecule has 0 atom stereocenters. The second-order valence-corrected chi connectivity index (χ2v) is 7.81. The Morgan fingerprint density at radius 1 is 0.903 bits per heavy atom. The Morgan fingerprint density at radius 2 is 1.58 bits per heavy atom. The van der Waals surface area contributed by atoms with Crippen LogP contribution < -0.4 is 16.0 Å². The van der Waals surface area contributed by atoms with Crippen LogP contribution in [0.1, 0.15) is 52.5 Å². The Morgan fingerprint density at radius 3 is 2.26 bits per heavy atom.